The lowest BCUT2D eigenvalue weighted by Gasteiger charge is -2.12. The molecular weight excluding hydrogens is 312 g/mol. The van der Waals surface area contributed by atoms with E-state index in [0.29, 0.717) is 5.56 Å². The molecule has 0 bridgehead atoms. The van der Waals surface area contributed by atoms with Crippen LogP contribution in [0, 0.1) is 20.8 Å². The quantitative estimate of drug-likeness (QED) is 0.777. The van der Waals surface area contributed by atoms with Crippen molar-refractivity contribution in [3.05, 3.63) is 52.3 Å². The topological polar surface area (TPSA) is 59.8 Å². The molecule has 1 N–H and O–H groups in total. The van der Waals surface area contributed by atoms with Crippen LogP contribution in [0.25, 0.3) is 11.0 Å². The van der Waals surface area contributed by atoms with Crippen molar-refractivity contribution in [1.82, 2.24) is 14.8 Å². The zero-order valence-corrected chi connectivity index (χ0v) is 15.6. The fourth-order valence-corrected chi connectivity index (χ4v) is 3.08. The predicted molar refractivity (Wildman–Crippen MR) is 101 cm³/mol. The maximum absolute atomic E-state index is 13.0. The molecule has 1 aromatic carbocycles. The molecule has 5 heteroatoms. The monoisotopic (exact) mass is 336 g/mol. The second-order valence-electron chi connectivity index (χ2n) is 6.93. The smallest absolute Gasteiger partial charge is 0.256 e. The van der Waals surface area contributed by atoms with E-state index in [9.17, 15) is 4.79 Å². The van der Waals surface area contributed by atoms with Gasteiger partial charge < -0.3 is 5.32 Å². The number of carbonyl (C=O) groups is 1. The molecule has 25 heavy (non-hydrogen) atoms. The summed E-state index contributed by atoms with van der Waals surface area (Å²) in [6.45, 7) is 10.1. The van der Waals surface area contributed by atoms with Crippen LogP contribution in [0.4, 0.5) is 5.69 Å². The van der Waals surface area contributed by atoms with Gasteiger partial charge in [-0.2, -0.15) is 5.10 Å². The number of rotatable bonds is 3. The third kappa shape index (κ3) is 3.14. The molecular formula is C20H24N4O. The molecule has 0 aliphatic heterocycles. The van der Waals surface area contributed by atoms with Crippen molar-refractivity contribution in [2.24, 2.45) is 7.05 Å². The van der Waals surface area contributed by atoms with Gasteiger partial charge in [0.05, 0.1) is 16.6 Å². The summed E-state index contributed by atoms with van der Waals surface area (Å²) in [7, 11) is 1.86. The number of anilines is 1. The van der Waals surface area contributed by atoms with Crippen LogP contribution in [0.5, 0.6) is 0 Å². The molecule has 0 unspecified atom stereocenters. The van der Waals surface area contributed by atoms with Crippen LogP contribution in [-0.2, 0) is 7.05 Å². The lowest BCUT2D eigenvalue weighted by atomic mass is 10.0. The van der Waals surface area contributed by atoms with Gasteiger partial charge in [0.25, 0.3) is 5.91 Å². The first-order chi connectivity index (χ1) is 11.8. The van der Waals surface area contributed by atoms with E-state index in [4.69, 9.17) is 4.98 Å². The zero-order valence-electron chi connectivity index (χ0n) is 15.6. The minimum Gasteiger partial charge on any atom is -0.322 e. The lowest BCUT2D eigenvalue weighted by molar-refractivity contribution is 0.102. The Kier molecular flexibility index (Phi) is 4.33. The first-order valence-corrected chi connectivity index (χ1v) is 8.50. The molecule has 0 fully saturated rings. The standard InChI is InChI=1S/C20H24N4O/c1-11(2)17-10-15(18-14(5)23-24(6)19(18)21-17)20(25)22-16-8-7-12(3)9-13(16)4/h7-11H,1-6H3,(H,22,25). The molecule has 2 heterocycles. The van der Waals surface area contributed by atoms with Gasteiger partial charge in [-0.3, -0.25) is 9.48 Å². The summed E-state index contributed by atoms with van der Waals surface area (Å²) in [5.74, 6) is 0.102. The normalized spacial score (nSPS) is 11.3. The molecule has 0 atom stereocenters. The van der Waals surface area contributed by atoms with Crippen LogP contribution in [0.1, 0.15) is 52.6 Å². The molecule has 5 nitrogen and oxygen atoms in total. The summed E-state index contributed by atoms with van der Waals surface area (Å²) >= 11 is 0. The van der Waals surface area contributed by atoms with Gasteiger partial charge in [0.1, 0.15) is 0 Å². The fourth-order valence-electron chi connectivity index (χ4n) is 3.08. The third-order valence-corrected chi connectivity index (χ3v) is 4.45. The first kappa shape index (κ1) is 17.1. The number of carbonyl (C=O) groups excluding carboxylic acids is 1. The van der Waals surface area contributed by atoms with E-state index in [1.807, 2.05) is 46.0 Å². The Hall–Kier alpha value is -2.69. The Labute approximate surface area is 148 Å². The van der Waals surface area contributed by atoms with Gasteiger partial charge in [-0.1, -0.05) is 31.5 Å². The zero-order chi connectivity index (χ0) is 18.3. The van der Waals surface area contributed by atoms with Crippen LogP contribution in [0.15, 0.2) is 24.3 Å². The summed E-state index contributed by atoms with van der Waals surface area (Å²) in [6, 6.07) is 7.90. The molecule has 0 saturated heterocycles. The number of aryl methyl sites for hydroxylation is 4. The second-order valence-corrected chi connectivity index (χ2v) is 6.93. The van der Waals surface area contributed by atoms with Crippen molar-refractivity contribution in [3.8, 4) is 0 Å². The van der Waals surface area contributed by atoms with Gasteiger partial charge in [0.15, 0.2) is 5.65 Å². The van der Waals surface area contributed by atoms with E-state index in [2.05, 4.69) is 30.3 Å². The number of nitrogens with one attached hydrogen (secondary N) is 1. The van der Waals surface area contributed by atoms with Gasteiger partial charge in [-0.25, -0.2) is 4.98 Å². The Morgan fingerprint density at radius 3 is 2.52 bits per heavy atom. The first-order valence-electron chi connectivity index (χ1n) is 8.50. The van der Waals surface area contributed by atoms with Gasteiger partial charge in [-0.15, -0.1) is 0 Å². The maximum atomic E-state index is 13.0. The van der Waals surface area contributed by atoms with E-state index in [1.165, 1.54) is 5.56 Å². The van der Waals surface area contributed by atoms with Crippen molar-refractivity contribution in [1.29, 1.82) is 0 Å². The van der Waals surface area contributed by atoms with Crippen LogP contribution in [-0.4, -0.2) is 20.7 Å². The Morgan fingerprint density at radius 1 is 1.16 bits per heavy atom. The van der Waals surface area contributed by atoms with Crippen molar-refractivity contribution < 1.29 is 4.79 Å². The van der Waals surface area contributed by atoms with Crippen LogP contribution >= 0.6 is 0 Å². The number of benzene rings is 1. The molecule has 0 radical (unpaired) electrons. The second kappa shape index (κ2) is 6.31. The molecule has 0 aliphatic rings. The molecule has 1 amide bonds. The van der Waals surface area contributed by atoms with E-state index in [-0.39, 0.29) is 11.8 Å². The largest absolute Gasteiger partial charge is 0.322 e. The maximum Gasteiger partial charge on any atom is 0.256 e. The average Bonchev–Trinajstić information content (AvgIpc) is 2.83. The van der Waals surface area contributed by atoms with Crippen molar-refractivity contribution in [2.75, 3.05) is 5.32 Å². The minimum absolute atomic E-state index is 0.127. The SMILES string of the molecule is Cc1ccc(NC(=O)c2cc(C(C)C)nc3c2c(C)nn3C)c(C)c1. The summed E-state index contributed by atoms with van der Waals surface area (Å²) in [5, 5.41) is 8.30. The summed E-state index contributed by atoms with van der Waals surface area (Å²) in [5.41, 5.74) is 6.12. The van der Waals surface area contributed by atoms with E-state index >= 15 is 0 Å². The Bertz CT molecular complexity index is 969. The van der Waals surface area contributed by atoms with Crippen LogP contribution in [0.3, 0.4) is 0 Å². The highest BCUT2D eigenvalue weighted by Crippen LogP contribution is 2.26. The Morgan fingerprint density at radius 2 is 1.88 bits per heavy atom. The average molecular weight is 336 g/mol. The summed E-state index contributed by atoms with van der Waals surface area (Å²) in [6.07, 6.45) is 0. The Balaban J connectivity index is 2.11. The number of amides is 1. The van der Waals surface area contributed by atoms with E-state index in [0.717, 1.165) is 33.7 Å². The number of pyridine rings is 1. The predicted octanol–water partition coefficient (Wildman–Crippen LogP) is 4.27. The van der Waals surface area contributed by atoms with Crippen molar-refractivity contribution in [3.63, 3.8) is 0 Å². The highest BCUT2D eigenvalue weighted by molar-refractivity contribution is 6.12. The lowest BCUT2D eigenvalue weighted by Crippen LogP contribution is -2.15. The molecule has 0 aliphatic carbocycles. The molecule has 130 valence electrons. The third-order valence-electron chi connectivity index (χ3n) is 4.45. The molecule has 0 spiro atoms. The van der Waals surface area contributed by atoms with Crippen LogP contribution in [0.2, 0.25) is 0 Å². The number of hydrogen-bond acceptors (Lipinski definition) is 3. The molecule has 0 saturated carbocycles. The number of aromatic nitrogens is 3. The highest BCUT2D eigenvalue weighted by atomic mass is 16.1. The molecule has 2 aromatic heterocycles. The van der Waals surface area contributed by atoms with E-state index in [1.54, 1.807) is 4.68 Å². The minimum atomic E-state index is -0.127. The van der Waals surface area contributed by atoms with Gasteiger partial charge >= 0.3 is 0 Å². The molecule has 3 rings (SSSR count). The number of fused-ring (bicyclic) bond motifs is 1. The summed E-state index contributed by atoms with van der Waals surface area (Å²) < 4.78 is 1.74. The van der Waals surface area contributed by atoms with Gasteiger partial charge in [-0.05, 0) is 44.4 Å². The van der Waals surface area contributed by atoms with Crippen molar-refractivity contribution in [2.45, 2.75) is 40.5 Å². The number of hydrogen-bond donors (Lipinski definition) is 1. The van der Waals surface area contributed by atoms with E-state index < -0.39 is 0 Å². The number of nitrogens with zero attached hydrogens (tertiary/aromatic N) is 3. The van der Waals surface area contributed by atoms with Gasteiger partial charge in [0, 0.05) is 18.4 Å². The highest BCUT2D eigenvalue weighted by Gasteiger charge is 2.20. The summed E-state index contributed by atoms with van der Waals surface area (Å²) in [4.78, 5) is 17.7. The van der Waals surface area contributed by atoms with Gasteiger partial charge in [0.2, 0.25) is 0 Å². The van der Waals surface area contributed by atoms with Crippen LogP contribution < -0.4 is 5.32 Å². The van der Waals surface area contributed by atoms with Crippen molar-refractivity contribution >= 4 is 22.6 Å². The molecule has 3 aromatic rings. The fraction of sp³-hybridized carbons (Fsp3) is 0.350.